The summed E-state index contributed by atoms with van der Waals surface area (Å²) in [7, 11) is 0. The summed E-state index contributed by atoms with van der Waals surface area (Å²) >= 11 is 1.24. The molecular weight excluding hydrogens is 374 g/mol. The van der Waals surface area contributed by atoms with Crippen LogP contribution in [0.2, 0.25) is 0 Å². The van der Waals surface area contributed by atoms with Gasteiger partial charge in [0.1, 0.15) is 5.82 Å². The van der Waals surface area contributed by atoms with Gasteiger partial charge in [0, 0.05) is 11.6 Å². The fraction of sp³-hybridized carbons (Fsp3) is 0.200. The Balaban J connectivity index is 1.62. The molecule has 0 aliphatic heterocycles. The lowest BCUT2D eigenvalue weighted by atomic mass is 10.1. The minimum Gasteiger partial charge on any atom is -0.325 e. The smallest absolute Gasteiger partial charge is 0.257 e. The number of nitrogens with zero attached hydrogens (tertiary/aromatic N) is 2. The van der Waals surface area contributed by atoms with Gasteiger partial charge in [0.2, 0.25) is 11.1 Å². The summed E-state index contributed by atoms with van der Waals surface area (Å²) in [6.07, 6.45) is 0. The highest BCUT2D eigenvalue weighted by atomic mass is 32.2. The first-order valence-corrected chi connectivity index (χ1v) is 9.82. The number of carbonyl (C=O) groups is 2. The molecule has 2 amide bonds. The number of rotatable bonds is 7. The molecule has 8 heteroatoms. The van der Waals surface area contributed by atoms with Gasteiger partial charge in [-0.05, 0) is 24.3 Å². The highest BCUT2D eigenvalue weighted by molar-refractivity contribution is 7.99. The van der Waals surface area contributed by atoms with E-state index in [2.05, 4.69) is 25.8 Å². The molecule has 2 aromatic carbocycles. The van der Waals surface area contributed by atoms with E-state index in [0.717, 1.165) is 5.82 Å². The maximum atomic E-state index is 12.6. The summed E-state index contributed by atoms with van der Waals surface area (Å²) in [5, 5.41) is 13.1. The number of hydrogen-bond donors (Lipinski definition) is 3. The number of amides is 2. The van der Waals surface area contributed by atoms with Gasteiger partial charge in [-0.1, -0.05) is 55.9 Å². The Bertz CT molecular complexity index is 956. The second-order valence-corrected chi connectivity index (χ2v) is 7.30. The van der Waals surface area contributed by atoms with E-state index in [0.29, 0.717) is 22.1 Å². The molecule has 3 N–H and O–H groups in total. The van der Waals surface area contributed by atoms with E-state index in [1.54, 1.807) is 36.4 Å². The molecule has 28 heavy (non-hydrogen) atoms. The van der Waals surface area contributed by atoms with Gasteiger partial charge >= 0.3 is 0 Å². The van der Waals surface area contributed by atoms with Crippen molar-refractivity contribution in [2.75, 3.05) is 16.4 Å². The first-order chi connectivity index (χ1) is 13.5. The van der Waals surface area contributed by atoms with E-state index in [1.807, 2.05) is 32.0 Å². The molecule has 3 rings (SSSR count). The molecule has 0 atom stereocenters. The van der Waals surface area contributed by atoms with Gasteiger partial charge in [-0.25, -0.2) is 4.98 Å². The first-order valence-electron chi connectivity index (χ1n) is 8.83. The molecular formula is C20H21N5O2S. The number of para-hydroxylation sites is 2. The van der Waals surface area contributed by atoms with Crippen LogP contribution >= 0.6 is 11.8 Å². The summed E-state index contributed by atoms with van der Waals surface area (Å²) in [5.74, 6) is 0.645. The van der Waals surface area contributed by atoms with Crippen molar-refractivity contribution in [1.82, 2.24) is 15.2 Å². The van der Waals surface area contributed by atoms with E-state index in [1.165, 1.54) is 11.8 Å². The molecule has 0 bridgehead atoms. The average Bonchev–Trinajstić information content (AvgIpc) is 3.17. The predicted molar refractivity (Wildman–Crippen MR) is 111 cm³/mol. The molecule has 0 spiro atoms. The van der Waals surface area contributed by atoms with Gasteiger partial charge in [0.15, 0.2) is 0 Å². The minimum absolute atomic E-state index is 0.143. The predicted octanol–water partition coefficient (Wildman–Crippen LogP) is 3.91. The number of carbonyl (C=O) groups excluding carboxylic acids is 2. The van der Waals surface area contributed by atoms with Gasteiger partial charge < -0.3 is 10.6 Å². The second kappa shape index (κ2) is 9.18. The number of aromatic amines is 1. The highest BCUT2D eigenvalue weighted by Crippen LogP contribution is 2.20. The summed E-state index contributed by atoms with van der Waals surface area (Å²) in [6.45, 7) is 4.03. The van der Waals surface area contributed by atoms with Gasteiger partial charge in [-0.3, -0.25) is 14.7 Å². The number of thioether (sulfide) groups is 1. The Morgan fingerprint density at radius 1 is 1.04 bits per heavy atom. The lowest BCUT2D eigenvalue weighted by Gasteiger charge is -2.11. The number of benzene rings is 2. The van der Waals surface area contributed by atoms with E-state index < -0.39 is 0 Å². The fourth-order valence-electron chi connectivity index (χ4n) is 2.41. The topological polar surface area (TPSA) is 99.8 Å². The standard InChI is InChI=1S/C20H21N5O2S/c1-13(2)18-23-20(25-24-18)28-12-17(26)22-16-11-7-6-10-15(16)19(27)21-14-8-4-3-5-9-14/h3-11,13H,12H2,1-2H3,(H,21,27)(H,22,26)(H,23,24,25). The molecule has 144 valence electrons. The van der Waals surface area contributed by atoms with Crippen molar-refractivity contribution in [3.63, 3.8) is 0 Å². The van der Waals surface area contributed by atoms with Crippen LogP contribution in [0.25, 0.3) is 0 Å². The molecule has 7 nitrogen and oxygen atoms in total. The zero-order valence-corrected chi connectivity index (χ0v) is 16.4. The van der Waals surface area contributed by atoms with Crippen molar-refractivity contribution < 1.29 is 9.59 Å². The van der Waals surface area contributed by atoms with Crippen LogP contribution in [0, 0.1) is 0 Å². The van der Waals surface area contributed by atoms with Crippen LogP contribution in [0.3, 0.4) is 0 Å². The van der Waals surface area contributed by atoms with Gasteiger partial charge in [-0.15, -0.1) is 5.10 Å². The molecule has 0 fully saturated rings. The number of aromatic nitrogens is 3. The third kappa shape index (κ3) is 5.20. The van der Waals surface area contributed by atoms with Crippen molar-refractivity contribution in [3.05, 3.63) is 66.0 Å². The van der Waals surface area contributed by atoms with Gasteiger partial charge in [0.25, 0.3) is 5.91 Å². The molecule has 1 aromatic heterocycles. The maximum absolute atomic E-state index is 12.6. The normalized spacial score (nSPS) is 10.7. The lowest BCUT2D eigenvalue weighted by Crippen LogP contribution is -2.19. The van der Waals surface area contributed by atoms with Crippen LogP contribution in [0.1, 0.15) is 35.9 Å². The van der Waals surface area contributed by atoms with E-state index in [-0.39, 0.29) is 23.5 Å². The van der Waals surface area contributed by atoms with Crippen molar-refractivity contribution in [1.29, 1.82) is 0 Å². The van der Waals surface area contributed by atoms with Crippen LogP contribution in [-0.2, 0) is 4.79 Å². The SMILES string of the molecule is CC(C)c1nc(SCC(=O)Nc2ccccc2C(=O)Nc2ccccc2)n[nH]1. The van der Waals surface area contributed by atoms with Crippen molar-refractivity contribution >= 4 is 35.0 Å². The Morgan fingerprint density at radius 3 is 2.46 bits per heavy atom. The van der Waals surface area contributed by atoms with E-state index in [9.17, 15) is 9.59 Å². The molecule has 3 aromatic rings. The minimum atomic E-state index is -0.287. The Kier molecular flexibility index (Phi) is 6.44. The Morgan fingerprint density at radius 2 is 1.75 bits per heavy atom. The van der Waals surface area contributed by atoms with Crippen LogP contribution < -0.4 is 10.6 Å². The monoisotopic (exact) mass is 395 g/mol. The summed E-state index contributed by atoms with van der Waals surface area (Å²) < 4.78 is 0. The van der Waals surface area contributed by atoms with Crippen LogP contribution in [0.15, 0.2) is 59.8 Å². The van der Waals surface area contributed by atoms with E-state index in [4.69, 9.17) is 0 Å². The summed E-state index contributed by atoms with van der Waals surface area (Å²) in [6, 6.07) is 16.1. The van der Waals surface area contributed by atoms with Crippen LogP contribution in [0.5, 0.6) is 0 Å². The van der Waals surface area contributed by atoms with Gasteiger partial charge in [-0.2, -0.15) is 0 Å². The molecule has 0 aliphatic carbocycles. The third-order valence-electron chi connectivity index (χ3n) is 3.84. The Labute approximate surface area is 167 Å². The molecule has 1 heterocycles. The van der Waals surface area contributed by atoms with E-state index >= 15 is 0 Å². The van der Waals surface area contributed by atoms with Crippen LogP contribution in [-0.4, -0.2) is 32.7 Å². The average molecular weight is 395 g/mol. The summed E-state index contributed by atoms with van der Waals surface area (Å²) in [5.41, 5.74) is 1.54. The zero-order chi connectivity index (χ0) is 19.9. The fourth-order valence-corrected chi connectivity index (χ4v) is 3.01. The van der Waals surface area contributed by atoms with Crippen molar-refractivity contribution in [2.24, 2.45) is 0 Å². The number of anilines is 2. The quantitative estimate of drug-likeness (QED) is 0.527. The van der Waals surface area contributed by atoms with Crippen molar-refractivity contribution in [3.8, 4) is 0 Å². The maximum Gasteiger partial charge on any atom is 0.257 e. The van der Waals surface area contributed by atoms with Gasteiger partial charge in [0.05, 0.1) is 17.0 Å². The number of hydrogen-bond acceptors (Lipinski definition) is 5. The Hall–Kier alpha value is -3.13. The molecule has 0 unspecified atom stereocenters. The summed E-state index contributed by atoms with van der Waals surface area (Å²) in [4.78, 5) is 29.2. The third-order valence-corrected chi connectivity index (χ3v) is 4.69. The molecule has 0 radical (unpaired) electrons. The molecule has 0 saturated carbocycles. The number of H-pyrrole nitrogens is 1. The van der Waals surface area contributed by atoms with Crippen molar-refractivity contribution in [2.45, 2.75) is 24.9 Å². The first kappa shape index (κ1) is 19.6. The zero-order valence-electron chi connectivity index (χ0n) is 15.6. The van der Waals surface area contributed by atoms with Crippen LogP contribution in [0.4, 0.5) is 11.4 Å². The second-order valence-electron chi connectivity index (χ2n) is 6.36. The molecule has 0 aliphatic rings. The molecule has 0 saturated heterocycles. The largest absolute Gasteiger partial charge is 0.325 e. The lowest BCUT2D eigenvalue weighted by molar-refractivity contribution is -0.113. The number of nitrogens with one attached hydrogen (secondary N) is 3. The highest BCUT2D eigenvalue weighted by Gasteiger charge is 2.14.